The summed E-state index contributed by atoms with van der Waals surface area (Å²) in [6.45, 7) is 15.8. The summed E-state index contributed by atoms with van der Waals surface area (Å²) in [5.41, 5.74) is 10.7. The average molecular weight is 549 g/mol. The van der Waals surface area contributed by atoms with Gasteiger partial charge in [0.15, 0.2) is 0 Å². The van der Waals surface area contributed by atoms with Gasteiger partial charge in [-0.05, 0) is 55.3 Å². The van der Waals surface area contributed by atoms with Crippen LogP contribution in [0, 0.1) is 27.7 Å². The van der Waals surface area contributed by atoms with Gasteiger partial charge in [0, 0.05) is 57.9 Å². The lowest BCUT2D eigenvalue weighted by Crippen LogP contribution is -2.42. The molecule has 0 bridgehead atoms. The quantitative estimate of drug-likeness (QED) is 0.215. The topological polar surface area (TPSA) is 9.86 Å². The maximum absolute atomic E-state index is 7.07. The van der Waals surface area contributed by atoms with Crippen LogP contribution in [-0.2, 0) is 30.3 Å². The van der Waals surface area contributed by atoms with Gasteiger partial charge in [-0.2, -0.15) is 0 Å². The fourth-order valence-electron chi connectivity index (χ4n) is 7.14. The number of hydrogen-bond donors (Lipinski definition) is 0. The van der Waals surface area contributed by atoms with E-state index in [0.717, 1.165) is 13.1 Å². The van der Waals surface area contributed by atoms with Gasteiger partial charge < -0.3 is 9.13 Å². The van der Waals surface area contributed by atoms with Crippen molar-refractivity contribution in [3.8, 4) is 0 Å². The van der Waals surface area contributed by atoms with Crippen molar-refractivity contribution in [2.45, 2.75) is 60.0 Å². The van der Waals surface area contributed by atoms with Crippen molar-refractivity contribution < 1.29 is 0 Å². The highest BCUT2D eigenvalue weighted by molar-refractivity contribution is 8.25. The molecule has 0 unspecified atom stereocenters. The molecule has 0 radical (unpaired) electrons. The van der Waals surface area contributed by atoms with Crippen molar-refractivity contribution in [1.29, 1.82) is 0 Å². The van der Waals surface area contributed by atoms with Crippen LogP contribution < -0.4 is 15.9 Å². The molecule has 39 heavy (non-hydrogen) atoms. The van der Waals surface area contributed by atoms with E-state index in [2.05, 4.69) is 142 Å². The molecular formula is C35H37N2PS. The number of hydrogen-bond acceptors (Lipinski definition) is 1. The smallest absolute Gasteiger partial charge is 0.0475 e. The Bertz CT molecular complexity index is 1620. The van der Waals surface area contributed by atoms with Crippen LogP contribution in [0.1, 0.15) is 58.9 Å². The van der Waals surface area contributed by atoms with E-state index in [1.807, 2.05) is 0 Å². The minimum Gasteiger partial charge on any atom is -0.344 e. The molecule has 0 saturated carbocycles. The molecule has 198 valence electrons. The Balaban J connectivity index is 1.67. The fourth-order valence-corrected chi connectivity index (χ4v) is 12.8. The Morgan fingerprint density at radius 3 is 1.31 bits per heavy atom. The number of nitrogens with zero attached hydrogens (tertiary/aromatic N) is 2. The average Bonchev–Trinajstić information content (AvgIpc) is 3.36. The summed E-state index contributed by atoms with van der Waals surface area (Å²) in [7, 11) is 0. The largest absolute Gasteiger partial charge is 0.344 e. The van der Waals surface area contributed by atoms with Crippen LogP contribution in [0.3, 0.4) is 0 Å². The molecule has 5 aromatic rings. The molecule has 0 fully saturated rings. The Hall–Kier alpha value is -3.13. The Labute approximate surface area is 238 Å². The number of fused-ring (bicyclic) bond motifs is 2. The molecule has 4 heteroatoms. The van der Waals surface area contributed by atoms with Crippen LogP contribution in [0.25, 0.3) is 0 Å². The monoisotopic (exact) mass is 548 g/mol. The molecule has 6 rings (SSSR count). The lowest BCUT2D eigenvalue weighted by atomic mass is 9.77. The van der Waals surface area contributed by atoms with Gasteiger partial charge in [-0.1, -0.05) is 117 Å². The minimum atomic E-state index is -2.33. The van der Waals surface area contributed by atoms with Gasteiger partial charge in [0.25, 0.3) is 0 Å². The predicted molar refractivity (Wildman–Crippen MR) is 171 cm³/mol. The standard InChI is InChI=1S/C35H37N2PS/c1-24-31-33(26(3)36(24)22-28-16-10-7-11-17-28)38(39,30-20-14-9-15-21-30)34-27(4)37(23-29-18-12-8-13-19-29)25(2)32(34)35(31,5)6/h7-21H,22-23H2,1-6H3. The summed E-state index contributed by atoms with van der Waals surface area (Å²) in [5.74, 6) is 0. The second-order valence-corrected chi connectivity index (χ2v) is 15.8. The van der Waals surface area contributed by atoms with Crippen LogP contribution in [-0.4, -0.2) is 9.13 Å². The molecule has 0 amide bonds. The zero-order valence-electron chi connectivity index (χ0n) is 23.8. The van der Waals surface area contributed by atoms with Gasteiger partial charge in [-0.3, -0.25) is 0 Å². The SMILES string of the molecule is Cc1c2c(c(C)n1Cc1ccccc1)P(=S)(c1ccccc1)c1c(c(C)n(Cc3ccccc3)c1C)C2(C)C. The molecule has 3 heterocycles. The number of rotatable bonds is 5. The summed E-state index contributed by atoms with van der Waals surface area (Å²) in [6, 6.07) is 30.3. The van der Waals surface area contributed by atoms with Crippen LogP contribution in [0.5, 0.6) is 0 Å². The zero-order chi connectivity index (χ0) is 27.5. The van der Waals surface area contributed by atoms with Gasteiger partial charge in [0.2, 0.25) is 0 Å². The molecule has 1 aliphatic rings. The maximum atomic E-state index is 7.07. The molecule has 0 N–H and O–H groups in total. The highest BCUT2D eigenvalue weighted by Gasteiger charge is 2.49. The van der Waals surface area contributed by atoms with Crippen molar-refractivity contribution in [1.82, 2.24) is 9.13 Å². The first-order valence-electron chi connectivity index (χ1n) is 13.8. The van der Waals surface area contributed by atoms with Gasteiger partial charge in [-0.15, -0.1) is 0 Å². The van der Waals surface area contributed by atoms with Gasteiger partial charge in [0.1, 0.15) is 0 Å². The Morgan fingerprint density at radius 1 is 0.564 bits per heavy atom. The number of aromatic nitrogens is 2. The lowest BCUT2D eigenvalue weighted by Gasteiger charge is -2.39. The van der Waals surface area contributed by atoms with Gasteiger partial charge in [0.05, 0.1) is 0 Å². The summed E-state index contributed by atoms with van der Waals surface area (Å²) < 4.78 is 5.06. The van der Waals surface area contributed by atoms with Crippen LogP contribution in [0.4, 0.5) is 0 Å². The van der Waals surface area contributed by atoms with E-state index in [0.29, 0.717) is 0 Å². The first-order chi connectivity index (χ1) is 18.7. The summed E-state index contributed by atoms with van der Waals surface area (Å²) in [5, 5.41) is 4.11. The zero-order valence-corrected chi connectivity index (χ0v) is 25.5. The van der Waals surface area contributed by atoms with E-state index >= 15 is 0 Å². The van der Waals surface area contributed by atoms with E-state index in [1.165, 1.54) is 60.9 Å². The van der Waals surface area contributed by atoms with Crippen LogP contribution >= 0.6 is 6.04 Å². The Morgan fingerprint density at radius 2 is 0.923 bits per heavy atom. The predicted octanol–water partition coefficient (Wildman–Crippen LogP) is 7.01. The summed E-state index contributed by atoms with van der Waals surface area (Å²) >= 11 is 7.07. The van der Waals surface area contributed by atoms with Crippen molar-refractivity contribution >= 4 is 33.8 Å². The fraction of sp³-hybridized carbons (Fsp3) is 0.257. The van der Waals surface area contributed by atoms with Crippen molar-refractivity contribution in [2.24, 2.45) is 0 Å². The van der Waals surface area contributed by atoms with Gasteiger partial charge >= 0.3 is 0 Å². The van der Waals surface area contributed by atoms with Gasteiger partial charge in [-0.25, -0.2) is 0 Å². The molecular weight excluding hydrogens is 511 g/mol. The van der Waals surface area contributed by atoms with Crippen LogP contribution in [0.2, 0.25) is 0 Å². The highest BCUT2D eigenvalue weighted by Crippen LogP contribution is 2.56. The first kappa shape index (κ1) is 26.1. The minimum absolute atomic E-state index is 0.157. The molecule has 2 nitrogen and oxygen atoms in total. The molecule has 0 aliphatic carbocycles. The highest BCUT2D eigenvalue weighted by atomic mass is 32.4. The summed E-state index contributed by atoms with van der Waals surface area (Å²) in [4.78, 5) is 0. The maximum Gasteiger partial charge on any atom is 0.0475 e. The number of benzene rings is 3. The Kier molecular flexibility index (Phi) is 6.36. The van der Waals surface area contributed by atoms with E-state index in [-0.39, 0.29) is 5.41 Å². The summed E-state index contributed by atoms with van der Waals surface area (Å²) in [6.07, 6.45) is 0. The van der Waals surface area contributed by atoms with E-state index in [1.54, 1.807) is 0 Å². The third-order valence-electron chi connectivity index (χ3n) is 8.87. The molecule has 0 spiro atoms. The van der Waals surface area contributed by atoms with E-state index in [9.17, 15) is 0 Å². The molecule has 1 aliphatic heterocycles. The normalized spacial score (nSPS) is 15.1. The second-order valence-electron chi connectivity index (χ2n) is 11.5. The second kappa shape index (κ2) is 9.51. The van der Waals surface area contributed by atoms with Crippen molar-refractivity contribution in [3.05, 3.63) is 136 Å². The first-order valence-corrected chi connectivity index (χ1v) is 16.6. The van der Waals surface area contributed by atoms with Crippen molar-refractivity contribution in [3.63, 3.8) is 0 Å². The molecule has 3 aromatic carbocycles. The third kappa shape index (κ3) is 3.85. The van der Waals surface area contributed by atoms with E-state index < -0.39 is 6.04 Å². The van der Waals surface area contributed by atoms with Crippen LogP contribution in [0.15, 0.2) is 91.0 Å². The molecule has 0 atom stereocenters. The third-order valence-corrected chi connectivity index (χ3v) is 14.0. The molecule has 0 saturated heterocycles. The van der Waals surface area contributed by atoms with E-state index in [4.69, 9.17) is 11.8 Å². The van der Waals surface area contributed by atoms with Crippen molar-refractivity contribution in [2.75, 3.05) is 0 Å². The molecule has 2 aromatic heterocycles. The lowest BCUT2D eigenvalue weighted by molar-refractivity contribution is 0.620.